The Morgan fingerprint density at radius 3 is 2.74 bits per heavy atom. The van der Waals surface area contributed by atoms with E-state index >= 15 is 0 Å². The Hall–Kier alpha value is -1.36. The smallest absolute Gasteiger partial charge is 0.226 e. The number of anilines is 2. The quantitative estimate of drug-likeness (QED) is 0.876. The van der Waals surface area contributed by atoms with Gasteiger partial charge in [0.05, 0.1) is 0 Å². The molecular formula is C14H25N5. The highest BCUT2D eigenvalue weighted by molar-refractivity contribution is 5.40. The van der Waals surface area contributed by atoms with Gasteiger partial charge in [-0.05, 0) is 44.5 Å². The molecule has 1 aliphatic rings. The fourth-order valence-electron chi connectivity index (χ4n) is 2.42. The normalized spacial score (nSPS) is 17.4. The minimum absolute atomic E-state index is 0.755. The topological polar surface area (TPSA) is 44.3 Å². The third kappa shape index (κ3) is 4.06. The van der Waals surface area contributed by atoms with Crippen molar-refractivity contribution in [2.75, 3.05) is 50.5 Å². The van der Waals surface area contributed by atoms with Gasteiger partial charge in [0.1, 0.15) is 5.82 Å². The van der Waals surface area contributed by atoms with Gasteiger partial charge in [-0.3, -0.25) is 0 Å². The summed E-state index contributed by atoms with van der Waals surface area (Å²) in [7, 11) is 3.92. The second kappa shape index (κ2) is 6.70. The zero-order valence-electron chi connectivity index (χ0n) is 12.3. The number of hydrogen-bond acceptors (Lipinski definition) is 5. The first-order valence-corrected chi connectivity index (χ1v) is 7.15. The molecule has 19 heavy (non-hydrogen) atoms. The van der Waals surface area contributed by atoms with Gasteiger partial charge in [-0.1, -0.05) is 6.92 Å². The molecule has 1 aromatic rings. The monoisotopic (exact) mass is 263 g/mol. The Bertz CT molecular complexity index is 385. The summed E-state index contributed by atoms with van der Waals surface area (Å²) in [6.45, 7) is 6.90. The molecule has 2 heterocycles. The van der Waals surface area contributed by atoms with Crippen LogP contribution in [0.15, 0.2) is 12.3 Å². The van der Waals surface area contributed by atoms with Crippen LogP contribution in [0.1, 0.15) is 19.8 Å². The van der Waals surface area contributed by atoms with Crippen LogP contribution in [0.3, 0.4) is 0 Å². The summed E-state index contributed by atoms with van der Waals surface area (Å²) in [4.78, 5) is 13.1. The average Bonchev–Trinajstić information content (AvgIpc) is 2.46. The van der Waals surface area contributed by atoms with Crippen molar-refractivity contribution in [3.05, 3.63) is 12.3 Å². The van der Waals surface area contributed by atoms with Gasteiger partial charge in [-0.25, -0.2) is 4.98 Å². The van der Waals surface area contributed by atoms with Gasteiger partial charge in [0, 0.05) is 26.8 Å². The van der Waals surface area contributed by atoms with Crippen molar-refractivity contribution in [2.45, 2.75) is 19.8 Å². The van der Waals surface area contributed by atoms with Crippen LogP contribution in [-0.2, 0) is 0 Å². The summed E-state index contributed by atoms with van der Waals surface area (Å²) >= 11 is 0. The largest absolute Gasteiger partial charge is 0.370 e. The summed E-state index contributed by atoms with van der Waals surface area (Å²) in [5, 5.41) is 3.45. The Labute approximate surface area is 116 Å². The molecule has 106 valence electrons. The van der Waals surface area contributed by atoms with Crippen LogP contribution in [0.2, 0.25) is 0 Å². The number of likely N-dealkylation sites (tertiary alicyclic amines) is 1. The van der Waals surface area contributed by atoms with Crippen molar-refractivity contribution in [2.24, 2.45) is 5.92 Å². The maximum absolute atomic E-state index is 4.48. The summed E-state index contributed by atoms with van der Waals surface area (Å²) in [5.74, 6) is 2.45. The van der Waals surface area contributed by atoms with Gasteiger partial charge in [0.15, 0.2) is 0 Å². The molecule has 0 saturated carbocycles. The minimum Gasteiger partial charge on any atom is -0.370 e. The van der Waals surface area contributed by atoms with Crippen LogP contribution >= 0.6 is 0 Å². The molecule has 0 amide bonds. The zero-order chi connectivity index (χ0) is 13.7. The van der Waals surface area contributed by atoms with Crippen LogP contribution in [0.25, 0.3) is 0 Å². The van der Waals surface area contributed by atoms with Crippen molar-refractivity contribution in [3.63, 3.8) is 0 Å². The number of piperidine rings is 1. The molecule has 0 aliphatic carbocycles. The molecule has 5 nitrogen and oxygen atoms in total. The highest BCUT2D eigenvalue weighted by Gasteiger charge is 2.17. The average molecular weight is 263 g/mol. The van der Waals surface area contributed by atoms with Crippen LogP contribution in [0.4, 0.5) is 11.8 Å². The van der Waals surface area contributed by atoms with E-state index < -0.39 is 0 Å². The molecule has 0 radical (unpaired) electrons. The highest BCUT2D eigenvalue weighted by atomic mass is 15.2. The number of hydrogen-bond donors (Lipinski definition) is 1. The predicted octanol–water partition coefficient (Wildman–Crippen LogP) is 1.69. The maximum atomic E-state index is 4.48. The van der Waals surface area contributed by atoms with Crippen molar-refractivity contribution in [1.29, 1.82) is 0 Å². The molecule has 1 aromatic heterocycles. The summed E-state index contributed by atoms with van der Waals surface area (Å²) < 4.78 is 0. The second-order valence-electron chi connectivity index (χ2n) is 5.39. The van der Waals surface area contributed by atoms with Crippen molar-refractivity contribution in [3.8, 4) is 0 Å². The van der Waals surface area contributed by atoms with Gasteiger partial charge >= 0.3 is 0 Å². The molecule has 0 spiro atoms. The van der Waals surface area contributed by atoms with Crippen molar-refractivity contribution >= 4 is 11.8 Å². The van der Waals surface area contributed by atoms with Gasteiger partial charge < -0.3 is 15.1 Å². The fraction of sp³-hybridized carbons (Fsp3) is 0.714. The summed E-state index contributed by atoms with van der Waals surface area (Å²) in [6.07, 6.45) is 4.38. The molecule has 0 unspecified atom stereocenters. The molecule has 2 rings (SSSR count). The van der Waals surface area contributed by atoms with Gasteiger partial charge in [0.2, 0.25) is 5.95 Å². The SMILES string of the molecule is CCN1CCC(CNc2ccnc(N(C)C)n2)CC1. The van der Waals surface area contributed by atoms with Crippen LogP contribution in [-0.4, -0.2) is 55.1 Å². The first-order chi connectivity index (χ1) is 9.19. The molecule has 1 aliphatic heterocycles. The lowest BCUT2D eigenvalue weighted by molar-refractivity contribution is 0.198. The lowest BCUT2D eigenvalue weighted by Gasteiger charge is -2.31. The number of rotatable bonds is 5. The van der Waals surface area contributed by atoms with E-state index in [1.165, 1.54) is 32.5 Å². The van der Waals surface area contributed by atoms with Crippen molar-refractivity contribution in [1.82, 2.24) is 14.9 Å². The molecular weight excluding hydrogens is 238 g/mol. The Balaban J connectivity index is 1.81. The van der Waals surface area contributed by atoms with E-state index in [9.17, 15) is 0 Å². The highest BCUT2D eigenvalue weighted by Crippen LogP contribution is 2.17. The molecule has 1 saturated heterocycles. The summed E-state index contributed by atoms with van der Waals surface area (Å²) in [5.41, 5.74) is 0. The number of nitrogens with one attached hydrogen (secondary N) is 1. The van der Waals surface area contributed by atoms with Crippen LogP contribution in [0.5, 0.6) is 0 Å². The van der Waals surface area contributed by atoms with Crippen LogP contribution in [0, 0.1) is 5.92 Å². The van der Waals surface area contributed by atoms with Gasteiger partial charge in [-0.2, -0.15) is 4.98 Å². The molecule has 0 atom stereocenters. The molecule has 1 N–H and O–H groups in total. The zero-order valence-corrected chi connectivity index (χ0v) is 12.3. The lowest BCUT2D eigenvalue weighted by atomic mass is 9.97. The number of nitrogens with zero attached hydrogens (tertiary/aromatic N) is 4. The third-order valence-corrected chi connectivity index (χ3v) is 3.77. The standard InChI is InChI=1S/C14H25N5/c1-4-19-9-6-12(7-10-19)11-16-13-5-8-15-14(17-13)18(2)3/h5,8,12H,4,6-7,9-11H2,1-3H3,(H,15,16,17). The molecule has 1 fully saturated rings. The van der Waals surface area contributed by atoms with Gasteiger partial charge in [0.25, 0.3) is 0 Å². The lowest BCUT2D eigenvalue weighted by Crippen LogP contribution is -2.35. The molecule has 5 heteroatoms. The Kier molecular flexibility index (Phi) is 4.96. The van der Waals surface area contributed by atoms with E-state index in [0.717, 1.165) is 24.2 Å². The first-order valence-electron chi connectivity index (χ1n) is 7.15. The van der Waals surface area contributed by atoms with E-state index in [2.05, 4.69) is 27.1 Å². The van der Waals surface area contributed by atoms with E-state index in [-0.39, 0.29) is 0 Å². The summed E-state index contributed by atoms with van der Waals surface area (Å²) in [6, 6.07) is 1.94. The predicted molar refractivity (Wildman–Crippen MR) is 79.7 cm³/mol. The Morgan fingerprint density at radius 1 is 1.37 bits per heavy atom. The maximum Gasteiger partial charge on any atom is 0.226 e. The van der Waals surface area contributed by atoms with E-state index in [1.54, 1.807) is 0 Å². The van der Waals surface area contributed by atoms with Gasteiger partial charge in [-0.15, -0.1) is 0 Å². The van der Waals surface area contributed by atoms with E-state index in [1.807, 2.05) is 31.3 Å². The Morgan fingerprint density at radius 2 is 2.11 bits per heavy atom. The van der Waals surface area contributed by atoms with E-state index in [0.29, 0.717) is 0 Å². The van der Waals surface area contributed by atoms with E-state index in [4.69, 9.17) is 0 Å². The van der Waals surface area contributed by atoms with Crippen LogP contribution < -0.4 is 10.2 Å². The first kappa shape index (κ1) is 14.1. The number of aromatic nitrogens is 2. The second-order valence-corrected chi connectivity index (χ2v) is 5.39. The van der Waals surface area contributed by atoms with Crippen molar-refractivity contribution < 1.29 is 0 Å². The minimum atomic E-state index is 0.755. The molecule has 0 bridgehead atoms. The fourth-order valence-corrected chi connectivity index (χ4v) is 2.42. The molecule has 0 aromatic carbocycles. The third-order valence-electron chi connectivity index (χ3n) is 3.77.